The zero-order chi connectivity index (χ0) is 22.7. The topological polar surface area (TPSA) is 119 Å². The summed E-state index contributed by atoms with van der Waals surface area (Å²) in [4.78, 5) is 21.6. The number of aliphatic hydroxyl groups is 1. The van der Waals surface area contributed by atoms with Gasteiger partial charge in [0.15, 0.2) is 0 Å². The zero-order valence-electron chi connectivity index (χ0n) is 17.5. The van der Waals surface area contributed by atoms with E-state index in [1.807, 2.05) is 13.0 Å². The summed E-state index contributed by atoms with van der Waals surface area (Å²) in [6, 6.07) is 3.62. The number of rotatable bonds is 6. The molecule has 0 atom stereocenters. The molecule has 3 heterocycles. The van der Waals surface area contributed by atoms with Gasteiger partial charge in [0.2, 0.25) is 5.13 Å². The number of nitrogens with zero attached hydrogens (tertiary/aromatic N) is 4. The minimum atomic E-state index is -0.369. The van der Waals surface area contributed by atoms with Gasteiger partial charge < -0.3 is 14.6 Å². The number of hydrogen-bond donors (Lipinski definition) is 2. The summed E-state index contributed by atoms with van der Waals surface area (Å²) < 4.78 is 11.9. The summed E-state index contributed by atoms with van der Waals surface area (Å²) in [5.41, 5.74) is 2.50. The van der Waals surface area contributed by atoms with Crippen LogP contribution in [0.4, 0.5) is 5.13 Å². The zero-order valence-corrected chi connectivity index (χ0v) is 19.9. The summed E-state index contributed by atoms with van der Waals surface area (Å²) in [5.74, 6) is 0.169. The fourth-order valence-electron chi connectivity index (χ4n) is 3.53. The van der Waals surface area contributed by atoms with Crippen LogP contribution in [-0.2, 0) is 0 Å². The van der Waals surface area contributed by atoms with E-state index in [0.717, 1.165) is 29.9 Å². The number of halogens is 1. The molecular formula is C21H22BrN5O4S. The molecule has 168 valence electrons. The molecule has 0 aliphatic heterocycles. The van der Waals surface area contributed by atoms with Gasteiger partial charge in [0.25, 0.3) is 11.1 Å². The molecule has 0 bridgehead atoms. The lowest BCUT2D eigenvalue weighted by Gasteiger charge is -2.24. The standard InChI is InChI=1S/C21H22BrN5O4S/c1-11-7-14(15-8-18(22)24-10-17(15)30-2)16(9-23-11)19(29)25-20-26-27-21(32-20)31-13-5-3-12(28)4-6-13/h7-10,12-13,28H,3-6H2,1-2H3,(H,25,26,29). The van der Waals surface area contributed by atoms with Crippen molar-refractivity contribution in [3.63, 3.8) is 0 Å². The van der Waals surface area contributed by atoms with Gasteiger partial charge in [0.05, 0.1) is 25.0 Å². The van der Waals surface area contributed by atoms with Crippen molar-refractivity contribution < 1.29 is 19.4 Å². The third-order valence-electron chi connectivity index (χ3n) is 5.17. The summed E-state index contributed by atoms with van der Waals surface area (Å²) in [6.07, 6.45) is 5.83. The Labute approximate surface area is 197 Å². The highest BCUT2D eigenvalue weighted by atomic mass is 79.9. The van der Waals surface area contributed by atoms with E-state index in [-0.39, 0.29) is 18.1 Å². The third-order valence-corrected chi connectivity index (χ3v) is 6.33. The first kappa shape index (κ1) is 22.6. The molecule has 0 saturated heterocycles. The van der Waals surface area contributed by atoms with E-state index in [4.69, 9.17) is 9.47 Å². The van der Waals surface area contributed by atoms with E-state index in [1.165, 1.54) is 6.20 Å². The maximum absolute atomic E-state index is 13.1. The molecule has 3 aromatic heterocycles. The molecule has 11 heteroatoms. The highest BCUT2D eigenvalue weighted by Crippen LogP contribution is 2.34. The number of nitrogens with one attached hydrogen (secondary N) is 1. The number of ether oxygens (including phenoxy) is 2. The van der Waals surface area contributed by atoms with Gasteiger partial charge in [-0.25, -0.2) is 4.98 Å². The summed E-state index contributed by atoms with van der Waals surface area (Å²) in [7, 11) is 1.55. The molecule has 0 spiro atoms. The van der Waals surface area contributed by atoms with Gasteiger partial charge in [0, 0.05) is 23.0 Å². The van der Waals surface area contributed by atoms with Crippen molar-refractivity contribution in [3.05, 3.63) is 40.4 Å². The van der Waals surface area contributed by atoms with Crippen LogP contribution in [0, 0.1) is 6.92 Å². The maximum Gasteiger partial charge on any atom is 0.296 e. The molecule has 1 fully saturated rings. The number of aliphatic hydroxyl groups excluding tert-OH is 1. The van der Waals surface area contributed by atoms with Crippen molar-refractivity contribution in [1.29, 1.82) is 0 Å². The molecule has 1 aliphatic rings. The van der Waals surface area contributed by atoms with Gasteiger partial charge >= 0.3 is 0 Å². The number of aromatic nitrogens is 4. The second-order valence-electron chi connectivity index (χ2n) is 7.45. The van der Waals surface area contributed by atoms with Crippen LogP contribution in [0.1, 0.15) is 41.7 Å². The van der Waals surface area contributed by atoms with Gasteiger partial charge in [-0.05, 0) is 72.0 Å². The lowest BCUT2D eigenvalue weighted by atomic mass is 9.95. The van der Waals surface area contributed by atoms with E-state index < -0.39 is 0 Å². The van der Waals surface area contributed by atoms with Gasteiger partial charge in [-0.3, -0.25) is 15.1 Å². The third kappa shape index (κ3) is 5.22. The quantitative estimate of drug-likeness (QED) is 0.468. The second-order valence-corrected chi connectivity index (χ2v) is 9.21. The van der Waals surface area contributed by atoms with E-state index in [9.17, 15) is 9.90 Å². The molecule has 0 aromatic carbocycles. The van der Waals surface area contributed by atoms with Crippen LogP contribution < -0.4 is 14.8 Å². The monoisotopic (exact) mass is 519 g/mol. The highest BCUT2D eigenvalue weighted by molar-refractivity contribution is 9.10. The number of anilines is 1. The molecule has 4 rings (SSSR count). The van der Waals surface area contributed by atoms with Crippen LogP contribution in [0.25, 0.3) is 11.1 Å². The molecule has 0 radical (unpaired) electrons. The first-order valence-electron chi connectivity index (χ1n) is 10.1. The number of pyridine rings is 2. The Morgan fingerprint density at radius 2 is 1.94 bits per heavy atom. The van der Waals surface area contributed by atoms with E-state index in [2.05, 4.69) is 41.4 Å². The van der Waals surface area contributed by atoms with E-state index in [1.54, 1.807) is 19.4 Å². The molecule has 1 saturated carbocycles. The van der Waals surface area contributed by atoms with Crippen LogP contribution in [-0.4, -0.2) is 50.5 Å². The number of aryl methyl sites for hydroxylation is 1. The van der Waals surface area contributed by atoms with Crippen LogP contribution in [0.5, 0.6) is 10.9 Å². The van der Waals surface area contributed by atoms with Crippen molar-refractivity contribution in [2.24, 2.45) is 0 Å². The predicted molar refractivity (Wildman–Crippen MR) is 123 cm³/mol. The Bertz CT molecular complexity index is 1120. The minimum Gasteiger partial charge on any atom is -0.494 e. The first-order chi connectivity index (χ1) is 15.4. The number of methoxy groups -OCH3 is 1. The van der Waals surface area contributed by atoms with Crippen LogP contribution in [0.2, 0.25) is 0 Å². The normalized spacial score (nSPS) is 18.2. The molecule has 9 nitrogen and oxygen atoms in total. The highest BCUT2D eigenvalue weighted by Gasteiger charge is 2.23. The molecular weight excluding hydrogens is 498 g/mol. The van der Waals surface area contributed by atoms with Gasteiger partial charge in [0.1, 0.15) is 16.5 Å². The van der Waals surface area contributed by atoms with Crippen molar-refractivity contribution in [2.75, 3.05) is 12.4 Å². The fraction of sp³-hybridized carbons (Fsp3) is 0.381. The fourth-order valence-corrected chi connectivity index (χ4v) is 4.52. The Kier molecular flexibility index (Phi) is 6.97. The average Bonchev–Trinajstić information content (AvgIpc) is 3.21. The summed E-state index contributed by atoms with van der Waals surface area (Å²) >= 11 is 4.54. The Balaban J connectivity index is 1.54. The van der Waals surface area contributed by atoms with Gasteiger partial charge in [-0.2, -0.15) is 0 Å². The molecule has 1 amide bonds. The van der Waals surface area contributed by atoms with E-state index >= 15 is 0 Å². The molecule has 0 unspecified atom stereocenters. The van der Waals surface area contributed by atoms with Gasteiger partial charge in [-0.1, -0.05) is 5.10 Å². The van der Waals surface area contributed by atoms with Crippen LogP contribution in [0.15, 0.2) is 29.1 Å². The minimum absolute atomic E-state index is 0.000374. The maximum atomic E-state index is 13.1. The van der Waals surface area contributed by atoms with Crippen LogP contribution in [0.3, 0.4) is 0 Å². The molecule has 3 aromatic rings. The van der Waals surface area contributed by atoms with Crippen molar-refractivity contribution in [1.82, 2.24) is 20.2 Å². The Morgan fingerprint density at radius 1 is 1.16 bits per heavy atom. The Hall–Kier alpha value is -2.63. The van der Waals surface area contributed by atoms with Crippen molar-refractivity contribution >= 4 is 38.3 Å². The molecule has 1 aliphatic carbocycles. The Morgan fingerprint density at radius 3 is 2.69 bits per heavy atom. The lowest BCUT2D eigenvalue weighted by Crippen LogP contribution is -2.26. The number of hydrogen-bond acceptors (Lipinski definition) is 9. The molecule has 2 N–H and O–H groups in total. The van der Waals surface area contributed by atoms with Gasteiger partial charge in [-0.15, -0.1) is 5.10 Å². The van der Waals surface area contributed by atoms with Crippen LogP contribution >= 0.6 is 27.3 Å². The average molecular weight is 520 g/mol. The number of carbonyl (C=O) groups is 1. The number of carbonyl (C=O) groups excluding carboxylic acids is 1. The smallest absolute Gasteiger partial charge is 0.296 e. The number of amides is 1. The SMILES string of the molecule is COc1cnc(Br)cc1-c1cc(C)ncc1C(=O)Nc1nnc(OC2CCC(O)CC2)s1. The summed E-state index contributed by atoms with van der Waals surface area (Å²) in [5, 5.41) is 21.2. The lowest BCUT2D eigenvalue weighted by molar-refractivity contribution is 0.0661. The summed E-state index contributed by atoms with van der Waals surface area (Å²) in [6.45, 7) is 1.85. The second kappa shape index (κ2) is 9.88. The van der Waals surface area contributed by atoms with Crippen molar-refractivity contribution in [2.45, 2.75) is 44.8 Å². The predicted octanol–water partition coefficient (Wildman–Crippen LogP) is 4.01. The first-order valence-corrected chi connectivity index (χ1v) is 11.7. The van der Waals surface area contributed by atoms with E-state index in [0.29, 0.717) is 50.2 Å². The molecule has 32 heavy (non-hydrogen) atoms. The van der Waals surface area contributed by atoms with Crippen molar-refractivity contribution in [3.8, 4) is 22.1 Å². The largest absolute Gasteiger partial charge is 0.494 e.